The van der Waals surface area contributed by atoms with Gasteiger partial charge in [-0.3, -0.25) is 9.69 Å². The van der Waals surface area contributed by atoms with E-state index >= 15 is 0 Å². The average molecular weight is 278 g/mol. The second-order valence-corrected chi connectivity index (χ2v) is 6.06. The van der Waals surface area contributed by atoms with Crippen LogP contribution in [0.4, 0.5) is 0 Å². The summed E-state index contributed by atoms with van der Waals surface area (Å²) in [7, 11) is 1.79. The van der Waals surface area contributed by atoms with Crippen molar-refractivity contribution < 1.29 is 4.79 Å². The Kier molecular flexibility index (Phi) is 5.81. The molecule has 5 heteroatoms. The molecule has 2 saturated heterocycles. The van der Waals surface area contributed by atoms with Gasteiger partial charge in [-0.2, -0.15) is 5.26 Å². The van der Waals surface area contributed by atoms with Crippen LogP contribution in [0.3, 0.4) is 0 Å². The summed E-state index contributed by atoms with van der Waals surface area (Å²) in [5.41, 5.74) is 0. The number of nitrogens with one attached hydrogen (secondary N) is 1. The molecule has 2 aliphatic heterocycles. The van der Waals surface area contributed by atoms with Crippen LogP contribution in [0.25, 0.3) is 0 Å². The van der Waals surface area contributed by atoms with Crippen molar-refractivity contribution in [3.63, 3.8) is 0 Å². The van der Waals surface area contributed by atoms with Gasteiger partial charge < -0.3 is 10.2 Å². The molecule has 2 atom stereocenters. The van der Waals surface area contributed by atoms with Gasteiger partial charge in [0.1, 0.15) is 0 Å². The molecule has 0 saturated carbocycles. The van der Waals surface area contributed by atoms with Crippen LogP contribution >= 0.6 is 0 Å². The molecular formula is C15H26N4O. The number of hydrogen-bond donors (Lipinski definition) is 1. The Hall–Kier alpha value is -1.12. The van der Waals surface area contributed by atoms with Crippen LogP contribution in [-0.2, 0) is 4.79 Å². The first-order chi connectivity index (χ1) is 9.70. The molecule has 20 heavy (non-hydrogen) atoms. The predicted molar refractivity (Wildman–Crippen MR) is 78.1 cm³/mol. The van der Waals surface area contributed by atoms with Crippen molar-refractivity contribution in [3.05, 3.63) is 0 Å². The van der Waals surface area contributed by atoms with Gasteiger partial charge in [0.2, 0.25) is 5.91 Å². The number of carbonyl (C=O) groups excluding carboxylic acids is 1. The number of amides is 1. The van der Waals surface area contributed by atoms with Crippen LogP contribution in [0.1, 0.15) is 32.1 Å². The third-order valence-corrected chi connectivity index (χ3v) is 4.55. The number of hydrogen-bond acceptors (Lipinski definition) is 4. The lowest BCUT2D eigenvalue weighted by atomic mass is 9.90. The van der Waals surface area contributed by atoms with Crippen LogP contribution in [0.15, 0.2) is 0 Å². The predicted octanol–water partition coefficient (Wildman–Crippen LogP) is 0.822. The number of likely N-dealkylation sites (tertiary alicyclic amines) is 1. The molecule has 2 fully saturated rings. The molecule has 0 aromatic heterocycles. The first kappa shape index (κ1) is 15.3. The van der Waals surface area contributed by atoms with Gasteiger partial charge in [-0.1, -0.05) is 0 Å². The van der Waals surface area contributed by atoms with E-state index in [9.17, 15) is 4.79 Å². The summed E-state index contributed by atoms with van der Waals surface area (Å²) < 4.78 is 0. The Bertz CT molecular complexity index is 359. The number of nitriles is 1. The van der Waals surface area contributed by atoms with Crippen LogP contribution < -0.4 is 5.32 Å². The summed E-state index contributed by atoms with van der Waals surface area (Å²) >= 11 is 0. The van der Waals surface area contributed by atoms with E-state index in [1.54, 1.807) is 11.9 Å². The van der Waals surface area contributed by atoms with Crippen molar-refractivity contribution in [2.24, 2.45) is 5.92 Å². The Balaban J connectivity index is 1.77. The van der Waals surface area contributed by atoms with Gasteiger partial charge in [-0.25, -0.2) is 0 Å². The minimum absolute atomic E-state index is 0.139. The molecule has 0 aromatic rings. The molecule has 2 unspecified atom stereocenters. The van der Waals surface area contributed by atoms with Gasteiger partial charge in [0.15, 0.2) is 0 Å². The van der Waals surface area contributed by atoms with E-state index in [1.807, 2.05) is 0 Å². The fourth-order valence-corrected chi connectivity index (χ4v) is 3.33. The highest BCUT2D eigenvalue weighted by Crippen LogP contribution is 2.24. The average Bonchev–Trinajstić information content (AvgIpc) is 2.99. The molecule has 0 bridgehead atoms. The summed E-state index contributed by atoms with van der Waals surface area (Å²) in [6, 6.07) is 2.74. The Morgan fingerprint density at radius 3 is 3.00 bits per heavy atom. The summed E-state index contributed by atoms with van der Waals surface area (Å²) in [6.45, 7) is 4.26. The third-order valence-electron chi connectivity index (χ3n) is 4.55. The molecule has 5 nitrogen and oxygen atoms in total. The van der Waals surface area contributed by atoms with E-state index in [-0.39, 0.29) is 5.91 Å². The van der Waals surface area contributed by atoms with Gasteiger partial charge in [0, 0.05) is 26.2 Å². The van der Waals surface area contributed by atoms with Crippen molar-refractivity contribution in [1.29, 1.82) is 5.26 Å². The molecule has 0 aromatic carbocycles. The summed E-state index contributed by atoms with van der Waals surface area (Å²) in [5.74, 6) is 0.837. The lowest BCUT2D eigenvalue weighted by molar-refractivity contribution is -0.131. The fraction of sp³-hybridized carbons (Fsp3) is 0.867. The van der Waals surface area contributed by atoms with E-state index in [0.29, 0.717) is 31.5 Å². The van der Waals surface area contributed by atoms with Crippen molar-refractivity contribution in [3.8, 4) is 6.07 Å². The minimum Gasteiger partial charge on any atom is -0.344 e. The second-order valence-electron chi connectivity index (χ2n) is 6.06. The first-order valence-corrected chi connectivity index (χ1v) is 7.77. The molecule has 0 aliphatic carbocycles. The quantitative estimate of drug-likeness (QED) is 0.809. The Morgan fingerprint density at radius 1 is 1.45 bits per heavy atom. The molecule has 1 amide bonds. The van der Waals surface area contributed by atoms with Gasteiger partial charge in [0.05, 0.1) is 19.0 Å². The van der Waals surface area contributed by atoms with Crippen LogP contribution in [0, 0.1) is 17.2 Å². The smallest absolute Gasteiger partial charge is 0.236 e. The number of rotatable bonds is 5. The molecule has 112 valence electrons. The van der Waals surface area contributed by atoms with E-state index < -0.39 is 0 Å². The zero-order chi connectivity index (χ0) is 14.4. The molecule has 2 rings (SSSR count). The van der Waals surface area contributed by atoms with Crippen LogP contribution in [0.5, 0.6) is 0 Å². The maximum absolute atomic E-state index is 12.1. The summed E-state index contributed by atoms with van der Waals surface area (Å²) in [6.07, 6.45) is 5.47. The lowest BCUT2D eigenvalue weighted by Gasteiger charge is -2.36. The number of carbonyl (C=O) groups is 1. The zero-order valence-electron chi connectivity index (χ0n) is 12.5. The SMILES string of the molecule is CN(CCC#N)C(=O)CN1CCCC(C2CCCN2)C1. The highest BCUT2D eigenvalue weighted by molar-refractivity contribution is 5.78. The summed E-state index contributed by atoms with van der Waals surface area (Å²) in [4.78, 5) is 16.1. The molecule has 0 spiro atoms. The lowest BCUT2D eigenvalue weighted by Crippen LogP contribution is -2.47. The second kappa shape index (κ2) is 7.61. The van der Waals surface area contributed by atoms with E-state index in [1.165, 1.54) is 25.7 Å². The van der Waals surface area contributed by atoms with Crippen molar-refractivity contribution in [1.82, 2.24) is 15.1 Å². The largest absolute Gasteiger partial charge is 0.344 e. The van der Waals surface area contributed by atoms with E-state index in [0.717, 1.165) is 19.6 Å². The van der Waals surface area contributed by atoms with Crippen molar-refractivity contribution >= 4 is 5.91 Å². The maximum atomic E-state index is 12.1. The number of likely N-dealkylation sites (N-methyl/N-ethyl adjacent to an activating group) is 1. The van der Waals surface area contributed by atoms with Gasteiger partial charge >= 0.3 is 0 Å². The Morgan fingerprint density at radius 2 is 2.30 bits per heavy atom. The van der Waals surface area contributed by atoms with Crippen LogP contribution in [-0.4, -0.2) is 61.5 Å². The fourth-order valence-electron chi connectivity index (χ4n) is 3.33. The Labute approximate surface area is 121 Å². The first-order valence-electron chi connectivity index (χ1n) is 7.77. The normalized spacial score (nSPS) is 27.2. The summed E-state index contributed by atoms with van der Waals surface area (Å²) in [5, 5.41) is 12.2. The minimum atomic E-state index is 0.139. The number of piperidine rings is 1. The van der Waals surface area contributed by atoms with Gasteiger partial charge in [-0.15, -0.1) is 0 Å². The van der Waals surface area contributed by atoms with Crippen molar-refractivity contribution in [2.75, 3.05) is 39.8 Å². The topological polar surface area (TPSA) is 59.4 Å². The molecule has 2 aliphatic rings. The molecular weight excluding hydrogens is 252 g/mol. The highest BCUT2D eigenvalue weighted by Gasteiger charge is 2.29. The standard InChI is InChI=1S/C15H26N4O/c1-18(9-4-7-16)15(20)12-19-10-3-5-13(11-19)14-6-2-8-17-14/h13-14,17H,2-6,8-12H2,1H3. The maximum Gasteiger partial charge on any atom is 0.236 e. The van der Waals surface area contributed by atoms with Crippen LogP contribution in [0.2, 0.25) is 0 Å². The van der Waals surface area contributed by atoms with E-state index in [2.05, 4.69) is 16.3 Å². The number of nitrogens with zero attached hydrogens (tertiary/aromatic N) is 3. The highest BCUT2D eigenvalue weighted by atomic mass is 16.2. The molecule has 1 N–H and O–H groups in total. The third kappa shape index (κ3) is 4.19. The van der Waals surface area contributed by atoms with E-state index in [4.69, 9.17) is 5.26 Å². The molecule has 0 radical (unpaired) electrons. The van der Waals surface area contributed by atoms with Gasteiger partial charge in [-0.05, 0) is 44.7 Å². The van der Waals surface area contributed by atoms with Crippen molar-refractivity contribution in [2.45, 2.75) is 38.1 Å². The van der Waals surface area contributed by atoms with Gasteiger partial charge in [0.25, 0.3) is 0 Å². The zero-order valence-corrected chi connectivity index (χ0v) is 12.5. The molecule has 2 heterocycles. The monoisotopic (exact) mass is 278 g/mol.